The number of carbonyl (C=O) groups is 1. The van der Waals surface area contributed by atoms with Crippen molar-refractivity contribution in [3.63, 3.8) is 0 Å². The van der Waals surface area contributed by atoms with Gasteiger partial charge in [-0.1, -0.05) is 0 Å². The van der Waals surface area contributed by atoms with E-state index in [1.54, 1.807) is 29.4 Å². The van der Waals surface area contributed by atoms with Crippen LogP contribution in [0.25, 0.3) is 5.82 Å². The minimum Gasteiger partial charge on any atom is -0.348 e. The van der Waals surface area contributed by atoms with E-state index < -0.39 is 10.2 Å². The predicted octanol–water partition coefficient (Wildman–Crippen LogP) is 0.234. The minimum absolute atomic E-state index is 0.0789. The van der Waals surface area contributed by atoms with Crippen LogP contribution in [-0.4, -0.2) is 59.3 Å². The molecule has 0 spiro atoms. The summed E-state index contributed by atoms with van der Waals surface area (Å²) in [7, 11) is -2.02. The zero-order valence-corrected chi connectivity index (χ0v) is 15.5. The molecular formula is C16H22N6O3S. The van der Waals surface area contributed by atoms with Crippen LogP contribution >= 0.6 is 0 Å². The molecule has 1 aliphatic rings. The first kappa shape index (κ1) is 18.5. The second kappa shape index (κ2) is 7.52. The molecule has 140 valence electrons. The van der Waals surface area contributed by atoms with Gasteiger partial charge >= 0.3 is 0 Å². The molecule has 0 atom stereocenters. The van der Waals surface area contributed by atoms with E-state index in [4.69, 9.17) is 0 Å². The first-order valence-electron chi connectivity index (χ1n) is 8.35. The van der Waals surface area contributed by atoms with Crippen molar-refractivity contribution in [2.45, 2.75) is 25.8 Å². The van der Waals surface area contributed by atoms with Crippen molar-refractivity contribution < 1.29 is 13.2 Å². The molecule has 2 N–H and O–H groups in total. The van der Waals surface area contributed by atoms with Crippen LogP contribution in [-0.2, 0) is 10.2 Å². The monoisotopic (exact) mass is 378 g/mol. The van der Waals surface area contributed by atoms with Gasteiger partial charge in [0.05, 0.1) is 0 Å². The maximum Gasteiger partial charge on any atom is 0.279 e. The normalized spacial score (nSPS) is 16.5. The summed E-state index contributed by atoms with van der Waals surface area (Å²) in [6.45, 7) is 2.64. The summed E-state index contributed by atoms with van der Waals surface area (Å²) < 4.78 is 29.0. The lowest BCUT2D eigenvalue weighted by atomic mass is 10.1. The zero-order valence-electron chi connectivity index (χ0n) is 14.7. The number of nitrogens with zero attached hydrogens (tertiary/aromatic N) is 4. The first-order chi connectivity index (χ1) is 12.4. The van der Waals surface area contributed by atoms with Gasteiger partial charge in [-0.2, -0.15) is 12.7 Å². The Balaban J connectivity index is 1.66. The number of aromatic nitrogens is 3. The van der Waals surface area contributed by atoms with Crippen molar-refractivity contribution in [3.05, 3.63) is 42.1 Å². The van der Waals surface area contributed by atoms with Crippen LogP contribution in [0.3, 0.4) is 0 Å². The fourth-order valence-corrected chi connectivity index (χ4v) is 3.87. The number of rotatable bonds is 5. The maximum absolute atomic E-state index is 12.6. The second-order valence-corrected chi connectivity index (χ2v) is 8.09. The number of pyridine rings is 1. The van der Waals surface area contributed by atoms with Crippen LogP contribution in [0.5, 0.6) is 0 Å². The Morgan fingerprint density at radius 1 is 1.27 bits per heavy atom. The highest BCUT2D eigenvalue weighted by molar-refractivity contribution is 7.87. The number of hydrogen-bond acceptors (Lipinski definition) is 5. The van der Waals surface area contributed by atoms with Gasteiger partial charge in [0.15, 0.2) is 0 Å². The van der Waals surface area contributed by atoms with Crippen molar-refractivity contribution in [2.24, 2.45) is 0 Å². The Bertz CT molecular complexity index is 873. The largest absolute Gasteiger partial charge is 0.348 e. The second-order valence-electron chi connectivity index (χ2n) is 6.21. The predicted molar refractivity (Wildman–Crippen MR) is 96.1 cm³/mol. The molecule has 3 heterocycles. The van der Waals surface area contributed by atoms with Gasteiger partial charge in [-0.3, -0.25) is 9.36 Å². The number of carbonyl (C=O) groups excluding carboxylic acids is 1. The summed E-state index contributed by atoms with van der Waals surface area (Å²) in [5.41, 5.74) is 1.25. The summed E-state index contributed by atoms with van der Waals surface area (Å²) in [5, 5.41) is 2.96. The van der Waals surface area contributed by atoms with Gasteiger partial charge in [-0.25, -0.2) is 14.7 Å². The smallest absolute Gasteiger partial charge is 0.279 e. The Morgan fingerprint density at radius 3 is 2.62 bits per heavy atom. The fraction of sp³-hybridized carbons (Fsp3) is 0.438. The van der Waals surface area contributed by atoms with Crippen molar-refractivity contribution in [2.75, 3.05) is 20.1 Å². The van der Waals surface area contributed by atoms with E-state index in [0.717, 1.165) is 5.56 Å². The molecule has 0 radical (unpaired) electrons. The standard InChI is InChI=1S/C16H22N6O3S/c1-12-9-14(20-15(10-12)21-8-5-18-11-21)16(23)19-13-3-6-22(7-4-13)26(24,25)17-2/h5,8-11,13,17H,3-4,6-7H2,1-2H3,(H,19,23). The van der Waals surface area contributed by atoms with E-state index in [0.29, 0.717) is 37.4 Å². The molecule has 0 aliphatic carbocycles. The first-order valence-corrected chi connectivity index (χ1v) is 9.79. The third kappa shape index (κ3) is 4.09. The number of hydrogen-bond donors (Lipinski definition) is 2. The van der Waals surface area contributed by atoms with Gasteiger partial charge in [0, 0.05) is 38.6 Å². The maximum atomic E-state index is 12.6. The number of aryl methyl sites for hydroxylation is 1. The highest BCUT2D eigenvalue weighted by Gasteiger charge is 2.28. The van der Waals surface area contributed by atoms with Gasteiger partial charge in [0.1, 0.15) is 17.8 Å². The Hall–Kier alpha value is -2.30. The Morgan fingerprint density at radius 2 is 2.00 bits per heavy atom. The third-order valence-corrected chi connectivity index (χ3v) is 5.91. The van der Waals surface area contributed by atoms with Crippen molar-refractivity contribution in [3.8, 4) is 5.82 Å². The number of nitrogens with one attached hydrogen (secondary N) is 2. The fourth-order valence-electron chi connectivity index (χ4n) is 2.92. The van der Waals surface area contributed by atoms with Crippen LogP contribution in [0.4, 0.5) is 0 Å². The molecule has 9 nitrogen and oxygen atoms in total. The van der Waals surface area contributed by atoms with Gasteiger partial charge in [-0.05, 0) is 37.5 Å². The van der Waals surface area contributed by atoms with Crippen molar-refractivity contribution >= 4 is 16.1 Å². The van der Waals surface area contributed by atoms with Crippen LogP contribution in [0.15, 0.2) is 30.9 Å². The molecule has 2 aromatic rings. The molecule has 26 heavy (non-hydrogen) atoms. The van der Waals surface area contributed by atoms with Gasteiger partial charge in [-0.15, -0.1) is 0 Å². The van der Waals surface area contributed by atoms with E-state index in [1.165, 1.54) is 11.4 Å². The Kier molecular flexibility index (Phi) is 5.35. The van der Waals surface area contributed by atoms with Crippen LogP contribution < -0.4 is 10.0 Å². The molecule has 1 fully saturated rings. The van der Waals surface area contributed by atoms with E-state index in [2.05, 4.69) is 20.0 Å². The summed E-state index contributed by atoms with van der Waals surface area (Å²) in [4.78, 5) is 21.0. The number of imidazole rings is 1. The molecule has 3 rings (SSSR count). The van der Waals surface area contributed by atoms with Crippen molar-refractivity contribution in [1.82, 2.24) is 28.9 Å². The lowest BCUT2D eigenvalue weighted by molar-refractivity contribution is 0.0918. The average Bonchev–Trinajstić information content (AvgIpc) is 3.16. The van der Waals surface area contributed by atoms with E-state index in [1.807, 2.05) is 13.0 Å². The number of piperidine rings is 1. The van der Waals surface area contributed by atoms with Gasteiger partial charge in [0.2, 0.25) is 0 Å². The molecular weight excluding hydrogens is 356 g/mol. The summed E-state index contributed by atoms with van der Waals surface area (Å²) in [5.74, 6) is 0.368. The number of amides is 1. The minimum atomic E-state index is -3.41. The molecule has 1 aliphatic heterocycles. The van der Waals surface area contributed by atoms with E-state index in [-0.39, 0.29) is 11.9 Å². The van der Waals surface area contributed by atoms with E-state index >= 15 is 0 Å². The van der Waals surface area contributed by atoms with Crippen molar-refractivity contribution in [1.29, 1.82) is 0 Å². The Labute approximate surface area is 152 Å². The molecule has 10 heteroatoms. The molecule has 2 aromatic heterocycles. The SMILES string of the molecule is CNS(=O)(=O)N1CCC(NC(=O)c2cc(C)cc(-n3ccnc3)n2)CC1. The molecule has 0 aromatic carbocycles. The lowest BCUT2D eigenvalue weighted by Gasteiger charge is -2.31. The van der Waals surface area contributed by atoms with Gasteiger partial charge in [0.25, 0.3) is 16.1 Å². The summed E-state index contributed by atoms with van der Waals surface area (Å²) in [6.07, 6.45) is 6.17. The molecule has 0 unspecified atom stereocenters. The molecule has 1 amide bonds. The zero-order chi connectivity index (χ0) is 18.7. The highest BCUT2D eigenvalue weighted by Crippen LogP contribution is 2.15. The van der Waals surface area contributed by atoms with Crippen LogP contribution in [0.1, 0.15) is 28.9 Å². The summed E-state index contributed by atoms with van der Waals surface area (Å²) in [6, 6.07) is 3.53. The lowest BCUT2D eigenvalue weighted by Crippen LogP contribution is -2.49. The van der Waals surface area contributed by atoms with Crippen LogP contribution in [0.2, 0.25) is 0 Å². The summed E-state index contributed by atoms with van der Waals surface area (Å²) >= 11 is 0. The molecule has 0 saturated carbocycles. The molecule has 1 saturated heterocycles. The van der Waals surface area contributed by atoms with Crippen LogP contribution in [0, 0.1) is 6.92 Å². The highest BCUT2D eigenvalue weighted by atomic mass is 32.2. The van der Waals surface area contributed by atoms with Gasteiger partial charge < -0.3 is 5.32 Å². The quantitative estimate of drug-likeness (QED) is 0.774. The third-order valence-electron chi connectivity index (χ3n) is 4.34. The average molecular weight is 378 g/mol. The topological polar surface area (TPSA) is 109 Å². The van der Waals surface area contributed by atoms with E-state index in [9.17, 15) is 13.2 Å². The molecule has 0 bridgehead atoms.